The van der Waals surface area contributed by atoms with Crippen molar-refractivity contribution in [2.45, 2.75) is 18.7 Å². The maximum Gasteiger partial charge on any atom is 0.272 e. The molecule has 202 valence electrons. The van der Waals surface area contributed by atoms with Crippen molar-refractivity contribution < 1.29 is 18.8 Å². The Labute approximate surface area is 236 Å². The maximum atomic E-state index is 14.4. The van der Waals surface area contributed by atoms with E-state index in [9.17, 15) is 18.8 Å². The molecule has 0 atom stereocenters. The molecule has 3 amide bonds. The molecule has 0 aliphatic rings. The van der Waals surface area contributed by atoms with Gasteiger partial charge in [0.1, 0.15) is 11.5 Å². The first-order chi connectivity index (χ1) is 19.3. The lowest BCUT2D eigenvalue weighted by Gasteiger charge is -2.12. The molecule has 0 radical (unpaired) electrons. The van der Waals surface area contributed by atoms with Gasteiger partial charge in [-0.2, -0.15) is 0 Å². The zero-order valence-corrected chi connectivity index (χ0v) is 22.8. The molecule has 6 nitrogen and oxygen atoms in total. The quantitative estimate of drug-likeness (QED) is 0.161. The van der Waals surface area contributed by atoms with Gasteiger partial charge in [0, 0.05) is 27.4 Å². The molecule has 0 saturated heterocycles. The van der Waals surface area contributed by atoms with Gasteiger partial charge in [0.2, 0.25) is 5.91 Å². The lowest BCUT2D eigenvalue weighted by atomic mass is 10.1. The van der Waals surface area contributed by atoms with Crippen LogP contribution in [-0.4, -0.2) is 23.5 Å². The Hall–Kier alpha value is -4.69. The Morgan fingerprint density at radius 2 is 1.57 bits per heavy atom. The van der Waals surface area contributed by atoms with Crippen LogP contribution in [0.1, 0.15) is 27.0 Å². The molecule has 40 heavy (non-hydrogen) atoms. The topological polar surface area (TPSA) is 87.3 Å². The zero-order chi connectivity index (χ0) is 28.5. The number of aryl methyl sites for hydroxylation is 2. The van der Waals surface area contributed by atoms with Crippen LogP contribution in [0.2, 0.25) is 0 Å². The molecule has 4 aromatic carbocycles. The Balaban J connectivity index is 1.45. The van der Waals surface area contributed by atoms with Gasteiger partial charge in [-0.3, -0.25) is 14.4 Å². The molecule has 0 bridgehead atoms. The molecule has 0 aliphatic heterocycles. The second-order valence-electron chi connectivity index (χ2n) is 9.04. The first kappa shape index (κ1) is 28.3. The minimum absolute atomic E-state index is 0.121. The van der Waals surface area contributed by atoms with Crippen LogP contribution in [0.5, 0.6) is 0 Å². The van der Waals surface area contributed by atoms with Crippen molar-refractivity contribution >= 4 is 46.9 Å². The summed E-state index contributed by atoms with van der Waals surface area (Å²) >= 11 is 1.32. The minimum Gasteiger partial charge on any atom is -0.325 e. The number of thioether (sulfide) groups is 1. The van der Waals surface area contributed by atoms with E-state index in [0.717, 1.165) is 21.7 Å². The smallest absolute Gasteiger partial charge is 0.272 e. The molecule has 0 saturated carbocycles. The number of carbonyl (C=O) groups is 3. The van der Waals surface area contributed by atoms with E-state index in [-0.39, 0.29) is 22.9 Å². The summed E-state index contributed by atoms with van der Waals surface area (Å²) in [4.78, 5) is 39.3. The SMILES string of the molecule is Cc1ccc(NC(=O)CSc2cccc(NC(=O)/C(=C/c3ccccc3F)NC(=O)c3ccccc3)c2)c(C)c1. The van der Waals surface area contributed by atoms with Crippen molar-refractivity contribution in [3.63, 3.8) is 0 Å². The van der Waals surface area contributed by atoms with E-state index < -0.39 is 17.6 Å². The van der Waals surface area contributed by atoms with Crippen LogP contribution in [0.3, 0.4) is 0 Å². The molecule has 0 aliphatic carbocycles. The lowest BCUT2D eigenvalue weighted by molar-refractivity contribution is -0.114. The van der Waals surface area contributed by atoms with Crippen molar-refractivity contribution in [3.05, 3.63) is 131 Å². The van der Waals surface area contributed by atoms with Crippen molar-refractivity contribution in [1.29, 1.82) is 0 Å². The molecule has 0 unspecified atom stereocenters. The van der Waals surface area contributed by atoms with Gasteiger partial charge in [-0.1, -0.05) is 60.2 Å². The van der Waals surface area contributed by atoms with Crippen LogP contribution >= 0.6 is 11.8 Å². The third kappa shape index (κ3) is 7.91. The number of hydrogen-bond acceptors (Lipinski definition) is 4. The van der Waals surface area contributed by atoms with Crippen molar-refractivity contribution in [1.82, 2.24) is 5.32 Å². The van der Waals surface area contributed by atoms with Crippen LogP contribution in [0.4, 0.5) is 15.8 Å². The van der Waals surface area contributed by atoms with Gasteiger partial charge in [-0.25, -0.2) is 4.39 Å². The molecule has 4 rings (SSSR count). The van der Waals surface area contributed by atoms with Gasteiger partial charge >= 0.3 is 0 Å². The van der Waals surface area contributed by atoms with E-state index in [1.165, 1.54) is 30.0 Å². The van der Waals surface area contributed by atoms with Crippen LogP contribution in [0.25, 0.3) is 6.08 Å². The fourth-order valence-electron chi connectivity index (χ4n) is 3.84. The summed E-state index contributed by atoms with van der Waals surface area (Å²) in [6, 6.07) is 27.2. The molecule has 0 spiro atoms. The van der Waals surface area contributed by atoms with Gasteiger partial charge in [-0.15, -0.1) is 11.8 Å². The van der Waals surface area contributed by atoms with E-state index in [0.29, 0.717) is 11.3 Å². The molecule has 0 fully saturated rings. The predicted octanol–water partition coefficient (Wildman–Crippen LogP) is 6.58. The maximum absolute atomic E-state index is 14.4. The van der Waals surface area contributed by atoms with Crippen molar-refractivity contribution in [3.8, 4) is 0 Å². The van der Waals surface area contributed by atoms with Crippen LogP contribution in [0.15, 0.2) is 108 Å². The van der Waals surface area contributed by atoms with E-state index in [1.807, 2.05) is 38.1 Å². The molecular weight excluding hydrogens is 525 g/mol. The minimum atomic E-state index is -0.623. The highest BCUT2D eigenvalue weighted by Crippen LogP contribution is 2.23. The average Bonchev–Trinajstić information content (AvgIpc) is 2.95. The first-order valence-corrected chi connectivity index (χ1v) is 13.5. The zero-order valence-electron chi connectivity index (χ0n) is 22.0. The number of amides is 3. The summed E-state index contributed by atoms with van der Waals surface area (Å²) in [5, 5.41) is 8.28. The molecule has 0 heterocycles. The number of benzene rings is 4. The normalized spacial score (nSPS) is 11.0. The van der Waals surface area contributed by atoms with E-state index in [1.54, 1.807) is 60.7 Å². The monoisotopic (exact) mass is 553 g/mol. The summed E-state index contributed by atoms with van der Waals surface area (Å²) < 4.78 is 14.4. The summed E-state index contributed by atoms with van der Waals surface area (Å²) in [5.41, 5.74) is 3.72. The van der Waals surface area contributed by atoms with Gasteiger partial charge in [0.15, 0.2) is 0 Å². The van der Waals surface area contributed by atoms with Gasteiger partial charge in [0.25, 0.3) is 11.8 Å². The molecular formula is C32H28FN3O3S. The highest BCUT2D eigenvalue weighted by atomic mass is 32.2. The highest BCUT2D eigenvalue weighted by Gasteiger charge is 2.16. The number of rotatable bonds is 9. The second-order valence-corrected chi connectivity index (χ2v) is 10.1. The van der Waals surface area contributed by atoms with Gasteiger partial charge in [0.05, 0.1) is 5.75 Å². The standard InChI is InChI=1S/C32H28FN3O3S/c1-21-15-16-28(22(2)17-21)35-30(37)20-40-26-13-8-12-25(19-26)34-32(39)29(18-24-11-6-7-14-27(24)33)36-31(38)23-9-4-3-5-10-23/h3-19H,20H2,1-2H3,(H,34,39)(H,35,37)(H,36,38)/b29-18-. The average molecular weight is 554 g/mol. The third-order valence-corrected chi connectivity index (χ3v) is 6.85. The second kappa shape index (κ2) is 13.4. The molecule has 8 heteroatoms. The van der Waals surface area contributed by atoms with E-state index >= 15 is 0 Å². The predicted molar refractivity (Wildman–Crippen MR) is 159 cm³/mol. The van der Waals surface area contributed by atoms with Crippen molar-refractivity contribution in [2.24, 2.45) is 0 Å². The summed E-state index contributed by atoms with van der Waals surface area (Å²) in [7, 11) is 0. The summed E-state index contributed by atoms with van der Waals surface area (Å²) in [6.07, 6.45) is 1.29. The van der Waals surface area contributed by atoms with E-state index in [4.69, 9.17) is 0 Å². The molecule has 0 aromatic heterocycles. The summed E-state index contributed by atoms with van der Waals surface area (Å²) in [5.74, 6) is -1.62. The molecule has 4 aromatic rings. The number of anilines is 2. The highest BCUT2D eigenvalue weighted by molar-refractivity contribution is 8.00. The summed E-state index contributed by atoms with van der Waals surface area (Å²) in [6.45, 7) is 3.94. The molecule has 3 N–H and O–H groups in total. The van der Waals surface area contributed by atoms with Crippen LogP contribution in [0, 0.1) is 19.7 Å². The fraction of sp³-hybridized carbons (Fsp3) is 0.0938. The lowest BCUT2D eigenvalue weighted by Crippen LogP contribution is -2.30. The van der Waals surface area contributed by atoms with Gasteiger partial charge in [-0.05, 0) is 68.0 Å². The number of halogens is 1. The van der Waals surface area contributed by atoms with Crippen molar-refractivity contribution in [2.75, 3.05) is 16.4 Å². The Morgan fingerprint density at radius 3 is 2.33 bits per heavy atom. The first-order valence-electron chi connectivity index (χ1n) is 12.5. The van der Waals surface area contributed by atoms with Gasteiger partial charge < -0.3 is 16.0 Å². The Bertz CT molecular complexity index is 1570. The largest absolute Gasteiger partial charge is 0.325 e. The van der Waals surface area contributed by atoms with E-state index in [2.05, 4.69) is 16.0 Å². The number of hydrogen-bond donors (Lipinski definition) is 3. The number of carbonyl (C=O) groups excluding carboxylic acids is 3. The Kier molecular flexibility index (Phi) is 9.48. The Morgan fingerprint density at radius 1 is 0.825 bits per heavy atom. The number of nitrogens with one attached hydrogen (secondary N) is 3. The fourth-order valence-corrected chi connectivity index (χ4v) is 4.60. The van der Waals surface area contributed by atoms with Crippen LogP contribution < -0.4 is 16.0 Å². The van der Waals surface area contributed by atoms with Crippen LogP contribution in [-0.2, 0) is 9.59 Å². The third-order valence-electron chi connectivity index (χ3n) is 5.85.